The third-order valence-corrected chi connectivity index (χ3v) is 4.87. The summed E-state index contributed by atoms with van der Waals surface area (Å²) in [6.45, 7) is 4.48. The highest BCUT2D eigenvalue weighted by molar-refractivity contribution is 5.91. The number of rotatable bonds is 6. The van der Waals surface area contributed by atoms with E-state index in [-0.39, 0.29) is 30.9 Å². The minimum Gasteiger partial charge on any atom is -0.490 e. The number of fused-ring (bicyclic) bond motifs is 1. The first-order valence-corrected chi connectivity index (χ1v) is 9.60. The van der Waals surface area contributed by atoms with Gasteiger partial charge < -0.3 is 19.1 Å². The van der Waals surface area contributed by atoms with Gasteiger partial charge in [0, 0.05) is 13.1 Å². The molecule has 0 bridgehead atoms. The lowest BCUT2D eigenvalue weighted by atomic mass is 10.0. The lowest BCUT2D eigenvalue weighted by molar-refractivity contribution is -0.137. The highest BCUT2D eigenvalue weighted by atomic mass is 16.5. The molecule has 10 nitrogen and oxygen atoms in total. The van der Waals surface area contributed by atoms with Gasteiger partial charge in [-0.15, -0.1) is 0 Å². The van der Waals surface area contributed by atoms with Gasteiger partial charge in [0.05, 0.1) is 32.3 Å². The van der Waals surface area contributed by atoms with E-state index >= 15 is 0 Å². The summed E-state index contributed by atoms with van der Waals surface area (Å²) in [5, 5.41) is 6.91. The topological polar surface area (TPSA) is 108 Å². The summed E-state index contributed by atoms with van der Waals surface area (Å²) in [5.41, 5.74) is 0.849. The summed E-state index contributed by atoms with van der Waals surface area (Å²) in [6.07, 6.45) is 1.66. The van der Waals surface area contributed by atoms with Gasteiger partial charge >= 0.3 is 0 Å². The number of morpholine rings is 1. The molecular weight excluding hydrogens is 378 g/mol. The number of ether oxygens (including phenoxy) is 3. The Kier molecular flexibility index (Phi) is 5.61. The van der Waals surface area contributed by atoms with E-state index in [1.54, 1.807) is 15.6 Å². The number of aromatic nitrogens is 3. The van der Waals surface area contributed by atoms with Gasteiger partial charge in [0.25, 0.3) is 5.91 Å². The minimum atomic E-state index is -0.288. The maximum atomic E-state index is 12.3. The summed E-state index contributed by atoms with van der Waals surface area (Å²) in [4.78, 5) is 30.1. The molecule has 3 heterocycles. The Bertz CT molecular complexity index is 893. The number of hydrogen-bond acceptors (Lipinski definition) is 7. The normalized spacial score (nSPS) is 18.7. The van der Waals surface area contributed by atoms with Crippen LogP contribution in [0.3, 0.4) is 0 Å². The lowest BCUT2D eigenvalue weighted by Crippen LogP contribution is -2.43. The quantitative estimate of drug-likeness (QED) is 0.764. The van der Waals surface area contributed by atoms with E-state index in [4.69, 9.17) is 14.2 Å². The van der Waals surface area contributed by atoms with Crippen molar-refractivity contribution in [2.75, 3.05) is 44.8 Å². The summed E-state index contributed by atoms with van der Waals surface area (Å²) in [5.74, 6) is 1.21. The van der Waals surface area contributed by atoms with Gasteiger partial charge in [0.2, 0.25) is 11.9 Å². The smallest absolute Gasteiger partial charge is 0.260 e. The molecule has 2 amide bonds. The van der Waals surface area contributed by atoms with Crippen LogP contribution in [0.4, 0.5) is 5.95 Å². The fraction of sp³-hybridized carbons (Fsp3) is 0.474. The molecule has 1 fully saturated rings. The third-order valence-electron chi connectivity index (χ3n) is 4.87. The second-order valence-electron chi connectivity index (χ2n) is 6.72. The van der Waals surface area contributed by atoms with E-state index < -0.39 is 0 Å². The molecule has 10 heteroatoms. The van der Waals surface area contributed by atoms with E-state index in [1.165, 1.54) is 6.33 Å². The van der Waals surface area contributed by atoms with Crippen LogP contribution < -0.4 is 14.8 Å². The molecule has 4 rings (SSSR count). The Morgan fingerprint density at radius 1 is 1.28 bits per heavy atom. The molecule has 0 saturated carbocycles. The van der Waals surface area contributed by atoms with Crippen LogP contribution in [0.25, 0.3) is 0 Å². The number of carbonyl (C=O) groups excluding carboxylic acids is 2. The summed E-state index contributed by atoms with van der Waals surface area (Å²) >= 11 is 0. The minimum absolute atomic E-state index is 0.0710. The standard InChI is InChI=1S/C19H23N5O5/c1-2-28-16-9-13(14-10-17(25)22-19-20-12-21-24(14)19)3-4-15(16)29-11-18(26)23-5-7-27-8-6-23/h3-4,9,12,14H,2,5-8,10-11H2,1H3,(H,20,21,22,25). The Hall–Kier alpha value is -3.14. The maximum absolute atomic E-state index is 12.3. The Morgan fingerprint density at radius 2 is 2.10 bits per heavy atom. The molecular formula is C19H23N5O5. The Balaban J connectivity index is 1.51. The number of anilines is 1. The molecule has 1 atom stereocenters. The van der Waals surface area contributed by atoms with Crippen LogP contribution in [0.5, 0.6) is 11.5 Å². The molecule has 1 unspecified atom stereocenters. The van der Waals surface area contributed by atoms with Crippen molar-refractivity contribution in [1.82, 2.24) is 19.7 Å². The second kappa shape index (κ2) is 8.48. The fourth-order valence-corrected chi connectivity index (χ4v) is 3.43. The number of nitrogens with one attached hydrogen (secondary N) is 1. The maximum Gasteiger partial charge on any atom is 0.260 e. The average molecular weight is 401 g/mol. The Morgan fingerprint density at radius 3 is 2.90 bits per heavy atom. The molecule has 1 aromatic carbocycles. The zero-order valence-corrected chi connectivity index (χ0v) is 16.2. The van der Waals surface area contributed by atoms with Crippen LogP contribution in [0.2, 0.25) is 0 Å². The van der Waals surface area contributed by atoms with Gasteiger partial charge in [-0.05, 0) is 24.6 Å². The highest BCUT2D eigenvalue weighted by Crippen LogP contribution is 2.35. The van der Waals surface area contributed by atoms with Crippen LogP contribution in [-0.4, -0.2) is 71.0 Å². The molecule has 1 saturated heterocycles. The van der Waals surface area contributed by atoms with Crippen molar-refractivity contribution in [2.45, 2.75) is 19.4 Å². The molecule has 1 N–H and O–H groups in total. The molecule has 29 heavy (non-hydrogen) atoms. The van der Waals surface area contributed by atoms with E-state index in [1.807, 2.05) is 19.1 Å². The Labute approximate surface area is 167 Å². The van der Waals surface area contributed by atoms with Gasteiger partial charge in [0.1, 0.15) is 6.33 Å². The van der Waals surface area contributed by atoms with Gasteiger partial charge in [0.15, 0.2) is 18.1 Å². The first kappa shape index (κ1) is 19.2. The van der Waals surface area contributed by atoms with Crippen LogP contribution in [0.15, 0.2) is 24.5 Å². The molecule has 154 valence electrons. The van der Waals surface area contributed by atoms with Crippen molar-refractivity contribution < 1.29 is 23.8 Å². The molecule has 2 aliphatic heterocycles. The molecule has 0 aliphatic carbocycles. The van der Waals surface area contributed by atoms with Crippen LogP contribution in [-0.2, 0) is 14.3 Å². The number of nitrogens with zero attached hydrogens (tertiary/aromatic N) is 4. The first-order valence-electron chi connectivity index (χ1n) is 9.60. The van der Waals surface area contributed by atoms with Crippen LogP contribution in [0, 0.1) is 0 Å². The number of hydrogen-bond donors (Lipinski definition) is 1. The second-order valence-corrected chi connectivity index (χ2v) is 6.72. The monoisotopic (exact) mass is 401 g/mol. The van der Waals surface area contributed by atoms with Gasteiger partial charge in [-0.25, -0.2) is 4.68 Å². The van der Waals surface area contributed by atoms with Crippen molar-refractivity contribution >= 4 is 17.8 Å². The summed E-state index contributed by atoms with van der Waals surface area (Å²) < 4.78 is 18.4. The fourth-order valence-electron chi connectivity index (χ4n) is 3.43. The SMILES string of the molecule is CCOc1cc(C2CC(=O)Nc3ncnn32)ccc1OCC(=O)N1CCOCC1. The summed E-state index contributed by atoms with van der Waals surface area (Å²) in [6, 6.07) is 5.15. The van der Waals surface area contributed by atoms with Gasteiger partial charge in [-0.3, -0.25) is 14.9 Å². The van der Waals surface area contributed by atoms with Crippen molar-refractivity contribution in [1.29, 1.82) is 0 Å². The van der Waals surface area contributed by atoms with Gasteiger partial charge in [-0.2, -0.15) is 10.1 Å². The zero-order chi connectivity index (χ0) is 20.2. The predicted molar refractivity (Wildman–Crippen MR) is 102 cm³/mol. The number of benzene rings is 1. The van der Waals surface area contributed by atoms with Crippen LogP contribution in [0.1, 0.15) is 24.9 Å². The highest BCUT2D eigenvalue weighted by Gasteiger charge is 2.28. The molecule has 2 aliphatic rings. The van der Waals surface area contributed by atoms with E-state index in [9.17, 15) is 9.59 Å². The number of carbonyl (C=O) groups is 2. The zero-order valence-electron chi connectivity index (χ0n) is 16.2. The lowest BCUT2D eigenvalue weighted by Gasteiger charge is -2.27. The third kappa shape index (κ3) is 4.16. The van der Waals surface area contributed by atoms with E-state index in [0.717, 1.165) is 5.56 Å². The largest absolute Gasteiger partial charge is 0.490 e. The van der Waals surface area contributed by atoms with Crippen molar-refractivity contribution in [2.24, 2.45) is 0 Å². The number of amides is 2. The van der Waals surface area contributed by atoms with Crippen LogP contribution >= 0.6 is 0 Å². The molecule has 1 aromatic heterocycles. The van der Waals surface area contributed by atoms with Crippen molar-refractivity contribution in [3.05, 3.63) is 30.1 Å². The summed E-state index contributed by atoms with van der Waals surface area (Å²) in [7, 11) is 0. The van der Waals surface area contributed by atoms with Crippen molar-refractivity contribution in [3.8, 4) is 11.5 Å². The molecule has 0 spiro atoms. The predicted octanol–water partition coefficient (Wildman–Crippen LogP) is 0.846. The first-order chi connectivity index (χ1) is 14.2. The van der Waals surface area contributed by atoms with E-state index in [0.29, 0.717) is 50.4 Å². The van der Waals surface area contributed by atoms with Crippen molar-refractivity contribution in [3.63, 3.8) is 0 Å². The average Bonchev–Trinajstić information content (AvgIpc) is 3.21. The molecule has 2 aromatic rings. The van der Waals surface area contributed by atoms with E-state index in [2.05, 4.69) is 15.4 Å². The van der Waals surface area contributed by atoms with Gasteiger partial charge in [-0.1, -0.05) is 6.07 Å². The molecule has 0 radical (unpaired) electrons.